The summed E-state index contributed by atoms with van der Waals surface area (Å²) in [6.45, 7) is 3.01. The number of nitrogens with zero attached hydrogens (tertiary/aromatic N) is 2. The molecule has 2 fully saturated rings. The molecule has 2 saturated heterocycles. The third-order valence-corrected chi connectivity index (χ3v) is 5.54. The molecule has 3 heterocycles. The lowest BCUT2D eigenvalue weighted by molar-refractivity contribution is -0.148. The number of carbonyl (C=O) groups is 2. The van der Waals surface area contributed by atoms with Crippen LogP contribution in [0.15, 0.2) is 12.4 Å². The Labute approximate surface area is 153 Å². The van der Waals surface area contributed by atoms with Crippen LogP contribution >= 0.6 is 0 Å². The van der Waals surface area contributed by atoms with Crippen molar-refractivity contribution < 1.29 is 19.1 Å². The molecule has 2 aliphatic rings. The molecule has 0 saturated carbocycles. The Hall–Kier alpha value is -1.93. The summed E-state index contributed by atoms with van der Waals surface area (Å²) < 4.78 is 12.1. The van der Waals surface area contributed by atoms with Gasteiger partial charge >= 0.3 is 5.97 Å². The lowest BCUT2D eigenvalue weighted by atomic mass is 9.85. The summed E-state index contributed by atoms with van der Waals surface area (Å²) in [6.07, 6.45) is 5.41. The molecular weight excluding hydrogens is 336 g/mol. The van der Waals surface area contributed by atoms with Gasteiger partial charge in [-0.25, -0.2) is 0 Å². The van der Waals surface area contributed by atoms with Crippen LogP contribution in [0, 0.1) is 17.8 Å². The van der Waals surface area contributed by atoms with E-state index in [0.29, 0.717) is 26.3 Å². The van der Waals surface area contributed by atoms with Gasteiger partial charge in [0.2, 0.25) is 5.91 Å². The zero-order chi connectivity index (χ0) is 18.5. The fourth-order valence-electron chi connectivity index (χ4n) is 3.99. The van der Waals surface area contributed by atoms with Crippen LogP contribution in [0.4, 0.5) is 0 Å². The summed E-state index contributed by atoms with van der Waals surface area (Å²) in [6, 6.07) is 0. The molecule has 1 unspecified atom stereocenters. The van der Waals surface area contributed by atoms with E-state index in [1.54, 1.807) is 4.68 Å². The first-order valence-corrected chi connectivity index (χ1v) is 9.22. The molecule has 0 aliphatic carbocycles. The Balaban J connectivity index is 1.61. The van der Waals surface area contributed by atoms with Crippen LogP contribution in [0.3, 0.4) is 0 Å². The van der Waals surface area contributed by atoms with Crippen LogP contribution in [-0.2, 0) is 26.1 Å². The minimum absolute atomic E-state index is 0.0233. The van der Waals surface area contributed by atoms with E-state index in [4.69, 9.17) is 9.47 Å². The molecule has 144 valence electrons. The highest BCUT2D eigenvalue weighted by Crippen LogP contribution is 2.29. The molecular formula is C18H28N4O4. The second-order valence-corrected chi connectivity index (χ2v) is 7.14. The van der Waals surface area contributed by atoms with Crippen molar-refractivity contribution >= 4 is 11.9 Å². The van der Waals surface area contributed by atoms with Crippen molar-refractivity contribution in [3.05, 3.63) is 18.0 Å². The summed E-state index contributed by atoms with van der Waals surface area (Å²) in [7, 11) is 3.27. The second kappa shape index (κ2) is 8.64. The van der Waals surface area contributed by atoms with Gasteiger partial charge in [0.15, 0.2) is 0 Å². The van der Waals surface area contributed by atoms with E-state index in [1.165, 1.54) is 7.11 Å². The Kier molecular flexibility index (Phi) is 6.26. The van der Waals surface area contributed by atoms with E-state index in [1.807, 2.05) is 19.4 Å². The van der Waals surface area contributed by atoms with Gasteiger partial charge in [-0.15, -0.1) is 0 Å². The fourth-order valence-corrected chi connectivity index (χ4v) is 3.99. The zero-order valence-electron chi connectivity index (χ0n) is 15.4. The molecule has 3 atom stereocenters. The summed E-state index contributed by atoms with van der Waals surface area (Å²) in [5.74, 6) is -0.475. The molecule has 8 heteroatoms. The van der Waals surface area contributed by atoms with Crippen LogP contribution in [0.1, 0.15) is 24.3 Å². The quantitative estimate of drug-likeness (QED) is 0.693. The lowest BCUT2D eigenvalue weighted by Gasteiger charge is -2.29. The van der Waals surface area contributed by atoms with E-state index >= 15 is 0 Å². The second-order valence-electron chi connectivity index (χ2n) is 7.14. The molecule has 1 amide bonds. The van der Waals surface area contributed by atoms with E-state index in [9.17, 15) is 9.59 Å². The highest BCUT2D eigenvalue weighted by atomic mass is 16.5. The maximum Gasteiger partial charge on any atom is 0.310 e. The number of methoxy groups -OCH3 is 1. The van der Waals surface area contributed by atoms with Crippen molar-refractivity contribution in [2.45, 2.75) is 18.8 Å². The molecule has 0 radical (unpaired) electrons. The van der Waals surface area contributed by atoms with Crippen molar-refractivity contribution in [1.29, 1.82) is 0 Å². The average molecular weight is 364 g/mol. The van der Waals surface area contributed by atoms with E-state index in [-0.39, 0.29) is 35.5 Å². The van der Waals surface area contributed by atoms with Crippen LogP contribution in [-0.4, -0.2) is 61.6 Å². The van der Waals surface area contributed by atoms with E-state index < -0.39 is 0 Å². The van der Waals surface area contributed by atoms with E-state index in [2.05, 4.69) is 15.7 Å². The van der Waals surface area contributed by atoms with Gasteiger partial charge in [-0.3, -0.25) is 14.3 Å². The molecule has 3 rings (SSSR count). The summed E-state index contributed by atoms with van der Waals surface area (Å²) >= 11 is 0. The highest BCUT2D eigenvalue weighted by Gasteiger charge is 2.36. The number of hydrogen-bond donors (Lipinski definition) is 2. The van der Waals surface area contributed by atoms with Crippen molar-refractivity contribution in [2.75, 3.05) is 40.0 Å². The van der Waals surface area contributed by atoms with Crippen LogP contribution in [0.5, 0.6) is 0 Å². The molecule has 26 heavy (non-hydrogen) atoms. The number of aromatic nitrogens is 2. The molecule has 2 N–H and O–H groups in total. The number of hydrogen-bond acceptors (Lipinski definition) is 6. The third kappa shape index (κ3) is 4.24. The third-order valence-electron chi connectivity index (χ3n) is 5.54. The Bertz CT molecular complexity index is 626. The number of nitrogens with one attached hydrogen (secondary N) is 2. The van der Waals surface area contributed by atoms with E-state index in [0.717, 1.165) is 24.9 Å². The minimum atomic E-state index is -0.320. The fraction of sp³-hybridized carbons (Fsp3) is 0.722. The summed E-state index contributed by atoms with van der Waals surface area (Å²) in [5.41, 5.74) is 1.06. The van der Waals surface area contributed by atoms with Gasteiger partial charge < -0.3 is 20.1 Å². The van der Waals surface area contributed by atoms with Crippen molar-refractivity contribution in [3.63, 3.8) is 0 Å². The Morgan fingerprint density at radius 2 is 2.19 bits per heavy atom. The number of aryl methyl sites for hydroxylation is 1. The van der Waals surface area contributed by atoms with Crippen molar-refractivity contribution in [1.82, 2.24) is 20.4 Å². The van der Waals surface area contributed by atoms with Gasteiger partial charge in [-0.2, -0.15) is 5.10 Å². The average Bonchev–Trinajstić information content (AvgIpc) is 3.31. The van der Waals surface area contributed by atoms with Gasteiger partial charge in [0.05, 0.1) is 25.1 Å². The van der Waals surface area contributed by atoms with Gasteiger partial charge in [-0.05, 0) is 24.3 Å². The van der Waals surface area contributed by atoms with Gasteiger partial charge in [0, 0.05) is 52.0 Å². The van der Waals surface area contributed by atoms with Crippen LogP contribution in [0.2, 0.25) is 0 Å². The van der Waals surface area contributed by atoms with Crippen molar-refractivity contribution in [3.8, 4) is 0 Å². The first kappa shape index (κ1) is 18.8. The van der Waals surface area contributed by atoms with Gasteiger partial charge in [-0.1, -0.05) is 0 Å². The maximum atomic E-state index is 12.8. The number of rotatable bonds is 6. The molecule has 0 bridgehead atoms. The molecule has 0 spiro atoms. The summed E-state index contributed by atoms with van der Waals surface area (Å²) in [4.78, 5) is 25.0. The number of carbonyl (C=O) groups excluding carboxylic acids is 2. The maximum absolute atomic E-state index is 12.8. The van der Waals surface area contributed by atoms with Crippen LogP contribution in [0.25, 0.3) is 0 Å². The number of esters is 1. The predicted molar refractivity (Wildman–Crippen MR) is 94.4 cm³/mol. The topological polar surface area (TPSA) is 94.5 Å². The Morgan fingerprint density at radius 3 is 2.85 bits per heavy atom. The lowest BCUT2D eigenvalue weighted by Crippen LogP contribution is -2.42. The standard InChI is InChI=1S/C18H28N4O4/c1-22-11-13(7-21-22)14-8-19-9-16(14)17(23)20-10-15(18(24)25-2)12-3-5-26-6-4-12/h7,11-12,14-16,19H,3-6,8-10H2,1-2H3,(H,20,23)/t14-,15?,16+/m1/s1. The predicted octanol–water partition coefficient (Wildman–Crippen LogP) is 0.0551. The number of amides is 1. The molecule has 2 aliphatic heterocycles. The minimum Gasteiger partial charge on any atom is -0.469 e. The first-order chi connectivity index (χ1) is 12.6. The van der Waals surface area contributed by atoms with Gasteiger partial charge in [0.25, 0.3) is 0 Å². The first-order valence-electron chi connectivity index (χ1n) is 9.22. The Morgan fingerprint density at radius 1 is 1.42 bits per heavy atom. The monoisotopic (exact) mass is 364 g/mol. The number of ether oxygens (including phenoxy) is 2. The largest absolute Gasteiger partial charge is 0.469 e. The van der Waals surface area contributed by atoms with Crippen molar-refractivity contribution in [2.24, 2.45) is 24.8 Å². The zero-order valence-corrected chi connectivity index (χ0v) is 15.4. The smallest absolute Gasteiger partial charge is 0.310 e. The molecule has 1 aromatic rings. The molecule has 8 nitrogen and oxygen atoms in total. The normalized spacial score (nSPS) is 25.0. The summed E-state index contributed by atoms with van der Waals surface area (Å²) in [5, 5.41) is 10.5. The SMILES string of the molecule is COC(=O)C(CNC(=O)[C@H]1CNC[C@@H]1c1cnn(C)c1)C1CCOCC1. The van der Waals surface area contributed by atoms with Crippen LogP contribution < -0.4 is 10.6 Å². The van der Waals surface area contributed by atoms with Gasteiger partial charge in [0.1, 0.15) is 0 Å². The molecule has 1 aromatic heterocycles. The molecule has 0 aromatic carbocycles. The highest BCUT2D eigenvalue weighted by molar-refractivity contribution is 5.81.